The first-order chi connectivity index (χ1) is 13.8. The van der Waals surface area contributed by atoms with E-state index in [0.29, 0.717) is 37.9 Å². The topological polar surface area (TPSA) is 70.6 Å². The number of hydrogen-bond donors (Lipinski definition) is 1. The number of aromatic nitrogens is 2. The fourth-order valence-corrected chi connectivity index (χ4v) is 3.08. The largest absolute Gasteiger partial charge is 0.480 e. The Balaban J connectivity index is 1.55. The normalized spacial score (nSPS) is 15.3. The molecule has 3 rings (SSSR count). The second-order valence-corrected chi connectivity index (χ2v) is 6.83. The van der Waals surface area contributed by atoms with Crippen LogP contribution in [0.25, 0.3) is 0 Å². The van der Waals surface area contributed by atoms with Crippen molar-refractivity contribution in [3.8, 4) is 5.88 Å². The number of halogens is 4. The molecule has 156 valence electrons. The molecule has 1 N–H and O–H groups in total. The minimum Gasteiger partial charge on any atom is -0.480 e. The number of anilines is 2. The zero-order valence-corrected chi connectivity index (χ0v) is 16.3. The summed E-state index contributed by atoms with van der Waals surface area (Å²) in [6, 6.07) is 2.83. The molecule has 1 amide bonds. The summed E-state index contributed by atoms with van der Waals surface area (Å²) in [7, 11) is 1.51. The Morgan fingerprint density at radius 1 is 1.24 bits per heavy atom. The lowest BCUT2D eigenvalue weighted by molar-refractivity contribution is -0.137. The van der Waals surface area contributed by atoms with Gasteiger partial charge in [-0.1, -0.05) is 11.6 Å². The van der Waals surface area contributed by atoms with Crippen LogP contribution in [0.4, 0.5) is 24.7 Å². The highest BCUT2D eigenvalue weighted by Crippen LogP contribution is 2.33. The zero-order chi connectivity index (χ0) is 21.0. The van der Waals surface area contributed by atoms with Gasteiger partial charge >= 0.3 is 6.18 Å². The first-order valence-corrected chi connectivity index (χ1v) is 9.14. The molecule has 2 aromatic rings. The minimum atomic E-state index is -4.51. The van der Waals surface area contributed by atoms with Crippen LogP contribution in [0.5, 0.6) is 5.88 Å². The van der Waals surface area contributed by atoms with Gasteiger partial charge in [0.05, 0.1) is 42.3 Å². The van der Waals surface area contributed by atoms with Crippen LogP contribution >= 0.6 is 11.6 Å². The Morgan fingerprint density at radius 3 is 2.62 bits per heavy atom. The van der Waals surface area contributed by atoms with Gasteiger partial charge in [0.1, 0.15) is 0 Å². The summed E-state index contributed by atoms with van der Waals surface area (Å²) in [6.45, 7) is 2.47. The van der Waals surface area contributed by atoms with Gasteiger partial charge in [0, 0.05) is 26.2 Å². The van der Waals surface area contributed by atoms with E-state index in [1.54, 1.807) is 6.20 Å². The van der Waals surface area contributed by atoms with Crippen LogP contribution in [0, 0.1) is 0 Å². The maximum atomic E-state index is 12.8. The van der Waals surface area contributed by atoms with Crippen molar-refractivity contribution in [1.29, 1.82) is 0 Å². The maximum absolute atomic E-state index is 12.8. The first-order valence-electron chi connectivity index (χ1n) is 8.76. The van der Waals surface area contributed by atoms with E-state index in [1.807, 2.05) is 9.80 Å². The molecule has 0 radical (unpaired) electrons. The Morgan fingerprint density at radius 2 is 1.97 bits per heavy atom. The molecule has 11 heteroatoms. The molecule has 0 aliphatic carbocycles. The van der Waals surface area contributed by atoms with E-state index in [0.717, 1.165) is 18.2 Å². The van der Waals surface area contributed by atoms with Crippen molar-refractivity contribution in [3.63, 3.8) is 0 Å². The van der Waals surface area contributed by atoms with Gasteiger partial charge in [0.15, 0.2) is 5.82 Å². The fourth-order valence-electron chi connectivity index (χ4n) is 2.91. The molecule has 0 unspecified atom stereocenters. The Bertz CT molecular complexity index is 873. The van der Waals surface area contributed by atoms with Crippen LogP contribution in [0.3, 0.4) is 0 Å². The van der Waals surface area contributed by atoms with E-state index in [1.165, 1.54) is 13.3 Å². The van der Waals surface area contributed by atoms with E-state index in [9.17, 15) is 18.0 Å². The van der Waals surface area contributed by atoms with Crippen molar-refractivity contribution >= 4 is 29.0 Å². The first kappa shape index (κ1) is 21.1. The van der Waals surface area contributed by atoms with Crippen molar-refractivity contribution in [2.24, 2.45) is 0 Å². The molecule has 7 nitrogen and oxygen atoms in total. The number of amides is 1. The summed E-state index contributed by atoms with van der Waals surface area (Å²) in [5.41, 5.74) is -0.929. The predicted molar refractivity (Wildman–Crippen MR) is 102 cm³/mol. The van der Waals surface area contributed by atoms with Gasteiger partial charge < -0.3 is 15.0 Å². The fraction of sp³-hybridized carbons (Fsp3) is 0.389. The Hall–Kier alpha value is -2.59. The SMILES string of the molecule is COc1cncc(N2CCN(CC(=O)Nc3cc(C(F)(F)F)ccc3Cl)CC2)n1. The van der Waals surface area contributed by atoms with Gasteiger partial charge in [0.2, 0.25) is 11.8 Å². The van der Waals surface area contributed by atoms with Gasteiger partial charge in [-0.05, 0) is 18.2 Å². The zero-order valence-electron chi connectivity index (χ0n) is 15.5. The lowest BCUT2D eigenvalue weighted by Crippen LogP contribution is -2.49. The van der Waals surface area contributed by atoms with Crippen LogP contribution in [-0.4, -0.2) is 60.6 Å². The molecule has 1 saturated heterocycles. The number of alkyl halides is 3. The number of rotatable bonds is 5. The molecule has 1 aliphatic heterocycles. The van der Waals surface area contributed by atoms with Crippen molar-refractivity contribution in [2.45, 2.75) is 6.18 Å². The van der Waals surface area contributed by atoms with Crippen LogP contribution in [-0.2, 0) is 11.0 Å². The molecular formula is C18H19ClF3N5O2. The molecule has 0 bridgehead atoms. The molecule has 1 fully saturated rings. The quantitative estimate of drug-likeness (QED) is 0.788. The van der Waals surface area contributed by atoms with Crippen LogP contribution < -0.4 is 15.0 Å². The lowest BCUT2D eigenvalue weighted by Gasteiger charge is -2.34. The molecular weight excluding hydrogens is 411 g/mol. The predicted octanol–water partition coefficient (Wildman–Crippen LogP) is 2.92. The average molecular weight is 430 g/mol. The number of carbonyl (C=O) groups is 1. The van der Waals surface area contributed by atoms with E-state index >= 15 is 0 Å². The number of piperazine rings is 1. The number of nitrogens with zero attached hydrogens (tertiary/aromatic N) is 4. The third-order valence-corrected chi connectivity index (χ3v) is 4.77. The monoisotopic (exact) mass is 429 g/mol. The second-order valence-electron chi connectivity index (χ2n) is 6.42. The summed E-state index contributed by atoms with van der Waals surface area (Å²) in [4.78, 5) is 24.6. The number of ether oxygens (including phenoxy) is 1. The van der Waals surface area contributed by atoms with Crippen molar-refractivity contribution < 1.29 is 22.7 Å². The van der Waals surface area contributed by atoms with Gasteiger partial charge in [-0.15, -0.1) is 0 Å². The number of carbonyl (C=O) groups excluding carboxylic acids is 1. The van der Waals surface area contributed by atoms with Gasteiger partial charge in [-0.3, -0.25) is 14.7 Å². The molecule has 1 aromatic carbocycles. The van der Waals surface area contributed by atoms with Crippen molar-refractivity contribution in [1.82, 2.24) is 14.9 Å². The van der Waals surface area contributed by atoms with E-state index in [2.05, 4.69) is 15.3 Å². The molecule has 2 heterocycles. The Labute approximate surface area is 170 Å². The third kappa shape index (κ3) is 5.48. The van der Waals surface area contributed by atoms with Crippen molar-refractivity contribution in [3.05, 3.63) is 41.2 Å². The standard InChI is InChI=1S/C18H19ClF3N5O2/c1-29-17-10-23-9-15(25-17)27-6-4-26(5-7-27)11-16(28)24-14-8-12(18(20,21)22)2-3-13(14)19/h2-3,8-10H,4-7,11H2,1H3,(H,24,28). The molecule has 1 aromatic heterocycles. The molecule has 29 heavy (non-hydrogen) atoms. The van der Waals surface area contributed by atoms with E-state index < -0.39 is 17.6 Å². The second kappa shape index (κ2) is 8.83. The maximum Gasteiger partial charge on any atom is 0.416 e. The summed E-state index contributed by atoms with van der Waals surface area (Å²) in [5.74, 6) is 0.673. The van der Waals surface area contributed by atoms with Crippen molar-refractivity contribution in [2.75, 3.05) is 50.1 Å². The highest BCUT2D eigenvalue weighted by Gasteiger charge is 2.31. The number of methoxy groups -OCH3 is 1. The van der Waals surface area contributed by atoms with Crippen LogP contribution in [0.1, 0.15) is 5.56 Å². The van der Waals surface area contributed by atoms with Crippen LogP contribution in [0.15, 0.2) is 30.6 Å². The molecule has 1 aliphatic rings. The van der Waals surface area contributed by atoms with Crippen LogP contribution in [0.2, 0.25) is 5.02 Å². The molecule has 0 atom stereocenters. The van der Waals surface area contributed by atoms with Gasteiger partial charge in [-0.25, -0.2) is 0 Å². The summed E-state index contributed by atoms with van der Waals surface area (Å²) in [5, 5.41) is 2.51. The van der Waals surface area contributed by atoms with Gasteiger partial charge in [0.25, 0.3) is 0 Å². The van der Waals surface area contributed by atoms with E-state index in [-0.39, 0.29) is 17.3 Å². The Kier molecular flexibility index (Phi) is 6.43. The third-order valence-electron chi connectivity index (χ3n) is 4.44. The number of nitrogens with one attached hydrogen (secondary N) is 1. The highest BCUT2D eigenvalue weighted by molar-refractivity contribution is 6.33. The lowest BCUT2D eigenvalue weighted by atomic mass is 10.2. The highest BCUT2D eigenvalue weighted by atomic mass is 35.5. The molecule has 0 spiro atoms. The average Bonchev–Trinajstić information content (AvgIpc) is 2.69. The summed E-state index contributed by atoms with van der Waals surface area (Å²) < 4.78 is 43.6. The van der Waals surface area contributed by atoms with E-state index in [4.69, 9.17) is 16.3 Å². The number of benzene rings is 1. The smallest absolute Gasteiger partial charge is 0.416 e. The molecule has 0 saturated carbocycles. The summed E-state index contributed by atoms with van der Waals surface area (Å²) >= 11 is 5.92. The number of hydrogen-bond acceptors (Lipinski definition) is 6. The minimum absolute atomic E-state index is 0.0458. The summed E-state index contributed by atoms with van der Waals surface area (Å²) in [6.07, 6.45) is -1.35. The van der Waals surface area contributed by atoms with Gasteiger partial charge in [-0.2, -0.15) is 18.2 Å².